The van der Waals surface area contributed by atoms with E-state index in [2.05, 4.69) is 0 Å². The monoisotopic (exact) mass is 273 g/mol. The van der Waals surface area contributed by atoms with Crippen LogP contribution in [0.3, 0.4) is 0 Å². The zero-order valence-electron chi connectivity index (χ0n) is 11.1. The second-order valence-corrected chi connectivity index (χ2v) is 4.35. The maximum atomic E-state index is 5.95. The van der Waals surface area contributed by atoms with Gasteiger partial charge in [0.15, 0.2) is 11.5 Å². The fourth-order valence-corrected chi connectivity index (χ4v) is 2.02. The van der Waals surface area contributed by atoms with Crippen LogP contribution in [0.4, 0.5) is 5.69 Å². The van der Waals surface area contributed by atoms with Gasteiger partial charge in [-0.25, -0.2) is 0 Å². The van der Waals surface area contributed by atoms with Crippen molar-refractivity contribution < 1.29 is 18.9 Å². The quantitative estimate of drug-likeness (QED) is 0.867. The number of hydrogen-bond acceptors (Lipinski definition) is 5. The van der Waals surface area contributed by atoms with Crippen molar-refractivity contribution in [3.05, 3.63) is 42.0 Å². The minimum absolute atomic E-state index is 0.266. The lowest BCUT2D eigenvalue weighted by atomic mass is 10.2. The molecule has 2 N–H and O–H groups in total. The van der Waals surface area contributed by atoms with Gasteiger partial charge in [0, 0.05) is 0 Å². The molecular weight excluding hydrogens is 258 g/mol. The predicted octanol–water partition coefficient (Wildman–Crippen LogP) is 2.59. The lowest BCUT2D eigenvalue weighted by Gasteiger charge is -2.11. The molecule has 5 heteroatoms. The van der Waals surface area contributed by atoms with Gasteiger partial charge in [-0.2, -0.15) is 0 Å². The highest BCUT2D eigenvalue weighted by molar-refractivity contribution is 5.62. The molecule has 0 atom stereocenters. The molecule has 20 heavy (non-hydrogen) atoms. The van der Waals surface area contributed by atoms with Crippen molar-refractivity contribution in [1.82, 2.24) is 0 Å². The van der Waals surface area contributed by atoms with Crippen LogP contribution in [0.25, 0.3) is 0 Å². The fraction of sp³-hybridized carbons (Fsp3) is 0.200. The minimum Gasteiger partial charge on any atom is -0.494 e. The van der Waals surface area contributed by atoms with Crippen LogP contribution in [0.1, 0.15) is 5.56 Å². The maximum absolute atomic E-state index is 5.95. The Bertz CT molecular complexity index is 627. The Kier molecular flexibility index (Phi) is 3.25. The van der Waals surface area contributed by atoms with E-state index in [1.807, 2.05) is 30.3 Å². The molecule has 0 fully saturated rings. The Morgan fingerprint density at radius 2 is 1.90 bits per heavy atom. The molecule has 0 saturated carbocycles. The Balaban J connectivity index is 1.73. The van der Waals surface area contributed by atoms with E-state index in [1.165, 1.54) is 0 Å². The van der Waals surface area contributed by atoms with E-state index in [9.17, 15) is 0 Å². The molecule has 3 rings (SSSR count). The number of rotatable bonds is 4. The van der Waals surface area contributed by atoms with Gasteiger partial charge in [0.1, 0.15) is 23.8 Å². The average Bonchev–Trinajstić information content (AvgIpc) is 2.93. The first-order chi connectivity index (χ1) is 9.78. The first-order valence-corrected chi connectivity index (χ1v) is 6.22. The number of ether oxygens (including phenoxy) is 4. The van der Waals surface area contributed by atoms with E-state index in [4.69, 9.17) is 24.7 Å². The van der Waals surface area contributed by atoms with E-state index in [-0.39, 0.29) is 6.79 Å². The molecular formula is C15H15NO4. The van der Waals surface area contributed by atoms with Gasteiger partial charge in [0.25, 0.3) is 0 Å². The summed E-state index contributed by atoms with van der Waals surface area (Å²) < 4.78 is 21.5. The van der Waals surface area contributed by atoms with Gasteiger partial charge >= 0.3 is 0 Å². The third kappa shape index (κ3) is 2.30. The summed E-state index contributed by atoms with van der Waals surface area (Å²) in [6, 6.07) is 11.1. The van der Waals surface area contributed by atoms with Gasteiger partial charge in [0.2, 0.25) is 6.79 Å². The molecule has 0 amide bonds. The Hall–Kier alpha value is -2.56. The van der Waals surface area contributed by atoms with E-state index < -0.39 is 0 Å². The van der Waals surface area contributed by atoms with Gasteiger partial charge in [-0.1, -0.05) is 12.1 Å². The molecule has 0 radical (unpaired) electrons. The predicted molar refractivity (Wildman–Crippen MR) is 74.3 cm³/mol. The Morgan fingerprint density at radius 3 is 2.75 bits per heavy atom. The van der Waals surface area contributed by atoms with Crippen molar-refractivity contribution >= 4 is 5.69 Å². The fourth-order valence-electron chi connectivity index (χ4n) is 2.02. The highest BCUT2D eigenvalue weighted by Gasteiger charge is 2.13. The molecule has 1 aliphatic heterocycles. The van der Waals surface area contributed by atoms with Gasteiger partial charge < -0.3 is 24.7 Å². The summed E-state index contributed by atoms with van der Waals surface area (Å²) in [5, 5.41) is 0. The van der Waals surface area contributed by atoms with Crippen LogP contribution in [0.2, 0.25) is 0 Å². The zero-order valence-corrected chi connectivity index (χ0v) is 11.1. The molecule has 2 aromatic carbocycles. The van der Waals surface area contributed by atoms with Gasteiger partial charge in [-0.15, -0.1) is 0 Å². The second kappa shape index (κ2) is 5.21. The summed E-state index contributed by atoms with van der Waals surface area (Å²) in [6.45, 7) is 0.663. The van der Waals surface area contributed by atoms with Crippen LogP contribution >= 0.6 is 0 Å². The number of nitrogen functional groups attached to an aromatic ring is 1. The molecule has 2 aromatic rings. The topological polar surface area (TPSA) is 62.9 Å². The van der Waals surface area contributed by atoms with Crippen molar-refractivity contribution in [2.75, 3.05) is 19.6 Å². The lowest BCUT2D eigenvalue weighted by Crippen LogP contribution is -2.00. The maximum Gasteiger partial charge on any atom is 0.231 e. The summed E-state index contributed by atoms with van der Waals surface area (Å²) in [4.78, 5) is 0. The first kappa shape index (κ1) is 12.5. The van der Waals surface area contributed by atoms with Crippen LogP contribution < -0.4 is 24.7 Å². The van der Waals surface area contributed by atoms with E-state index in [1.54, 1.807) is 13.2 Å². The van der Waals surface area contributed by atoms with Crippen molar-refractivity contribution in [3.8, 4) is 23.0 Å². The molecule has 104 valence electrons. The Morgan fingerprint density at radius 1 is 1.10 bits per heavy atom. The summed E-state index contributed by atoms with van der Waals surface area (Å²) in [5.74, 6) is 2.70. The molecule has 1 heterocycles. The first-order valence-electron chi connectivity index (χ1n) is 6.22. The highest BCUT2D eigenvalue weighted by Crippen LogP contribution is 2.34. The standard InChI is InChI=1S/C15H15NO4/c1-17-12-3-2-4-13(15(12)16)18-8-10-5-6-11-14(7-10)20-9-19-11/h2-7H,8-9,16H2,1H3. The van der Waals surface area contributed by atoms with Crippen LogP contribution in [-0.2, 0) is 6.61 Å². The Labute approximate surface area is 116 Å². The number of nitrogens with two attached hydrogens (primary N) is 1. The third-order valence-electron chi connectivity index (χ3n) is 3.08. The van der Waals surface area contributed by atoms with E-state index in [0.29, 0.717) is 23.8 Å². The molecule has 1 aliphatic rings. The van der Waals surface area contributed by atoms with Crippen molar-refractivity contribution in [2.24, 2.45) is 0 Å². The summed E-state index contributed by atoms with van der Waals surface area (Å²) >= 11 is 0. The molecule has 5 nitrogen and oxygen atoms in total. The second-order valence-electron chi connectivity index (χ2n) is 4.35. The highest BCUT2D eigenvalue weighted by atomic mass is 16.7. The summed E-state index contributed by atoms with van der Waals surface area (Å²) in [5.41, 5.74) is 7.43. The van der Waals surface area contributed by atoms with Gasteiger partial charge in [-0.3, -0.25) is 0 Å². The van der Waals surface area contributed by atoms with Crippen molar-refractivity contribution in [3.63, 3.8) is 0 Å². The summed E-state index contributed by atoms with van der Waals surface area (Å²) in [7, 11) is 1.58. The number of fused-ring (bicyclic) bond motifs is 1. The molecule has 0 aliphatic carbocycles. The van der Waals surface area contributed by atoms with Crippen LogP contribution in [0, 0.1) is 0 Å². The zero-order chi connectivity index (χ0) is 13.9. The lowest BCUT2D eigenvalue weighted by molar-refractivity contribution is 0.174. The van der Waals surface area contributed by atoms with Crippen molar-refractivity contribution in [2.45, 2.75) is 6.61 Å². The van der Waals surface area contributed by atoms with Crippen LogP contribution in [-0.4, -0.2) is 13.9 Å². The molecule has 0 bridgehead atoms. The number of para-hydroxylation sites is 1. The van der Waals surface area contributed by atoms with Crippen LogP contribution in [0.5, 0.6) is 23.0 Å². The minimum atomic E-state index is 0.266. The van der Waals surface area contributed by atoms with Crippen LogP contribution in [0.15, 0.2) is 36.4 Å². The summed E-state index contributed by atoms with van der Waals surface area (Å²) in [6.07, 6.45) is 0. The van der Waals surface area contributed by atoms with Gasteiger partial charge in [-0.05, 0) is 29.8 Å². The molecule has 0 spiro atoms. The normalized spacial score (nSPS) is 12.2. The third-order valence-corrected chi connectivity index (χ3v) is 3.08. The average molecular weight is 273 g/mol. The molecule has 0 saturated heterocycles. The van der Waals surface area contributed by atoms with E-state index in [0.717, 1.165) is 17.1 Å². The number of anilines is 1. The van der Waals surface area contributed by atoms with Crippen molar-refractivity contribution in [1.29, 1.82) is 0 Å². The molecule has 0 aromatic heterocycles. The largest absolute Gasteiger partial charge is 0.494 e. The SMILES string of the molecule is COc1cccc(OCc2ccc3c(c2)OCO3)c1N. The van der Waals surface area contributed by atoms with E-state index >= 15 is 0 Å². The number of methoxy groups -OCH3 is 1. The number of hydrogen-bond donors (Lipinski definition) is 1. The van der Waals surface area contributed by atoms with Gasteiger partial charge in [0.05, 0.1) is 7.11 Å². The molecule has 0 unspecified atom stereocenters. The smallest absolute Gasteiger partial charge is 0.231 e. The number of benzene rings is 2.